The number of furan rings is 1. The fourth-order valence-corrected chi connectivity index (χ4v) is 2.84. The molecule has 0 aliphatic carbocycles. The number of amides is 1. The number of aryl methyl sites for hydroxylation is 1. The molecule has 0 fully saturated rings. The van der Waals surface area contributed by atoms with Crippen molar-refractivity contribution in [2.75, 3.05) is 32.1 Å². The minimum atomic E-state index is -0.698. The van der Waals surface area contributed by atoms with E-state index >= 15 is 0 Å². The highest BCUT2D eigenvalue weighted by atomic mass is 16.6. The fourth-order valence-electron chi connectivity index (χ4n) is 2.84. The summed E-state index contributed by atoms with van der Waals surface area (Å²) < 4.78 is 15.6. The largest absolute Gasteiger partial charge is 0.460 e. The smallest absolute Gasteiger partial charge is 0.411 e. The predicted octanol–water partition coefficient (Wildman–Crippen LogP) is 2.67. The van der Waals surface area contributed by atoms with Crippen molar-refractivity contribution in [1.82, 2.24) is 15.4 Å². The second-order valence-electron chi connectivity index (χ2n) is 5.97. The van der Waals surface area contributed by atoms with E-state index in [1.807, 2.05) is 25.2 Å². The monoisotopic (exact) mass is 374 g/mol. The predicted molar refractivity (Wildman–Crippen MR) is 99.1 cm³/mol. The van der Waals surface area contributed by atoms with Crippen LogP contribution in [0.1, 0.15) is 35.7 Å². The van der Waals surface area contributed by atoms with E-state index in [9.17, 15) is 9.59 Å². The van der Waals surface area contributed by atoms with Crippen LogP contribution in [-0.4, -0.2) is 48.9 Å². The van der Waals surface area contributed by atoms with Gasteiger partial charge in [0.25, 0.3) is 0 Å². The van der Waals surface area contributed by atoms with Crippen LogP contribution in [-0.2, 0) is 9.47 Å². The second-order valence-corrected chi connectivity index (χ2v) is 5.97. The number of nitrogens with one attached hydrogen (secondary N) is 2. The Kier molecular flexibility index (Phi) is 5.31. The molecule has 0 saturated carbocycles. The molecular weight excluding hydrogens is 352 g/mol. The summed E-state index contributed by atoms with van der Waals surface area (Å²) in [6, 6.07) is 1.79. The molecule has 0 radical (unpaired) electrons. The van der Waals surface area contributed by atoms with Gasteiger partial charge < -0.3 is 18.9 Å². The molecule has 27 heavy (non-hydrogen) atoms. The number of carbonyl (C=O) groups excluding carboxylic acids is 2. The van der Waals surface area contributed by atoms with Crippen LogP contribution in [0.4, 0.5) is 10.5 Å². The maximum Gasteiger partial charge on any atom is 0.411 e. The number of hydrogen-bond acceptors (Lipinski definition) is 8. The molecule has 1 aliphatic heterocycles. The maximum absolute atomic E-state index is 12.3. The van der Waals surface area contributed by atoms with Crippen molar-refractivity contribution in [2.24, 2.45) is 0 Å². The Bertz CT molecular complexity index is 918. The molecule has 9 nitrogen and oxygen atoms in total. The van der Waals surface area contributed by atoms with Gasteiger partial charge in [-0.2, -0.15) is 0 Å². The Morgan fingerprint density at radius 3 is 2.70 bits per heavy atom. The van der Waals surface area contributed by atoms with Crippen LogP contribution >= 0.6 is 0 Å². The Labute approximate surface area is 156 Å². The average molecular weight is 374 g/mol. The summed E-state index contributed by atoms with van der Waals surface area (Å²) in [6.45, 7) is 6.28. The van der Waals surface area contributed by atoms with E-state index in [4.69, 9.17) is 13.9 Å². The number of rotatable bonds is 5. The van der Waals surface area contributed by atoms with Crippen LogP contribution in [0.5, 0.6) is 0 Å². The number of hydrogen-bond donors (Lipinski definition) is 2. The summed E-state index contributed by atoms with van der Waals surface area (Å²) in [5.41, 5.74) is 6.67. The SMILES string of the molecule is CCOC(=O)Nc1c(C(=O)OCC)oc2cc(C)c(C3=CN(C)NC3)nc12. The zero-order valence-electron chi connectivity index (χ0n) is 15.7. The first-order valence-electron chi connectivity index (χ1n) is 8.67. The number of aromatic nitrogens is 1. The van der Waals surface area contributed by atoms with Crippen LogP contribution in [0, 0.1) is 6.92 Å². The lowest BCUT2D eigenvalue weighted by molar-refractivity contribution is 0.0494. The lowest BCUT2D eigenvalue weighted by atomic mass is 10.1. The number of nitrogens with zero attached hydrogens (tertiary/aromatic N) is 2. The summed E-state index contributed by atoms with van der Waals surface area (Å²) in [6.07, 6.45) is 1.24. The maximum atomic E-state index is 12.3. The first-order valence-corrected chi connectivity index (χ1v) is 8.67. The molecule has 1 amide bonds. The third kappa shape index (κ3) is 3.72. The zero-order chi connectivity index (χ0) is 19.6. The van der Waals surface area contributed by atoms with Gasteiger partial charge in [0.2, 0.25) is 5.76 Å². The molecule has 1 aliphatic rings. The standard InChI is InChI=1S/C18H22N4O5/c1-5-25-17(23)16-15(21-18(24)26-6-2)14-12(27-16)7-10(3)13(20-14)11-8-19-22(4)9-11/h7,9,19H,5-6,8H2,1-4H3,(H,21,24). The minimum absolute atomic E-state index is 0.111. The minimum Gasteiger partial charge on any atom is -0.460 e. The molecule has 144 valence electrons. The van der Waals surface area contributed by atoms with Gasteiger partial charge in [-0.05, 0) is 32.4 Å². The van der Waals surface area contributed by atoms with E-state index < -0.39 is 12.1 Å². The number of esters is 1. The van der Waals surface area contributed by atoms with Gasteiger partial charge in [-0.25, -0.2) is 20.0 Å². The molecule has 0 aromatic carbocycles. The lowest BCUT2D eigenvalue weighted by Crippen LogP contribution is -2.23. The van der Waals surface area contributed by atoms with Gasteiger partial charge in [0.15, 0.2) is 5.58 Å². The Morgan fingerprint density at radius 2 is 2.07 bits per heavy atom. The molecule has 3 heterocycles. The van der Waals surface area contributed by atoms with Gasteiger partial charge in [0.1, 0.15) is 11.2 Å². The highest BCUT2D eigenvalue weighted by Crippen LogP contribution is 2.33. The second kappa shape index (κ2) is 7.67. The van der Waals surface area contributed by atoms with Crippen molar-refractivity contribution in [1.29, 1.82) is 0 Å². The van der Waals surface area contributed by atoms with E-state index in [1.54, 1.807) is 19.9 Å². The Morgan fingerprint density at radius 1 is 1.33 bits per heavy atom. The molecule has 9 heteroatoms. The summed E-state index contributed by atoms with van der Waals surface area (Å²) in [5.74, 6) is -0.789. The molecule has 2 aromatic rings. The van der Waals surface area contributed by atoms with Gasteiger partial charge in [-0.15, -0.1) is 0 Å². The first-order chi connectivity index (χ1) is 12.9. The topological polar surface area (TPSA) is 106 Å². The Balaban J connectivity index is 2.13. The third-order valence-corrected chi connectivity index (χ3v) is 3.99. The molecule has 2 N–H and O–H groups in total. The van der Waals surface area contributed by atoms with Crippen LogP contribution in [0.3, 0.4) is 0 Å². The number of fused-ring (bicyclic) bond motifs is 1. The molecule has 0 bridgehead atoms. The molecular formula is C18H22N4O5. The third-order valence-electron chi connectivity index (χ3n) is 3.99. The lowest BCUT2D eigenvalue weighted by Gasteiger charge is -2.07. The van der Waals surface area contributed by atoms with Gasteiger partial charge in [-0.1, -0.05) is 0 Å². The first kappa shape index (κ1) is 18.7. The van der Waals surface area contributed by atoms with Gasteiger partial charge in [0, 0.05) is 25.4 Å². The van der Waals surface area contributed by atoms with Crippen LogP contribution in [0.15, 0.2) is 16.7 Å². The van der Waals surface area contributed by atoms with Gasteiger partial charge in [-0.3, -0.25) is 5.32 Å². The molecule has 2 aromatic heterocycles. The molecule has 3 rings (SSSR count). The van der Waals surface area contributed by atoms with E-state index in [0.29, 0.717) is 17.6 Å². The molecule has 0 saturated heterocycles. The summed E-state index contributed by atoms with van der Waals surface area (Å²) in [7, 11) is 1.89. The summed E-state index contributed by atoms with van der Waals surface area (Å²) in [5, 5.41) is 4.40. The number of ether oxygens (including phenoxy) is 2. The highest BCUT2D eigenvalue weighted by Gasteiger charge is 2.26. The van der Waals surface area contributed by atoms with Crippen molar-refractivity contribution in [3.8, 4) is 0 Å². The van der Waals surface area contributed by atoms with Crippen LogP contribution in [0.2, 0.25) is 0 Å². The molecule has 0 unspecified atom stereocenters. The Hall–Kier alpha value is -3.07. The molecule has 0 spiro atoms. The summed E-state index contributed by atoms with van der Waals surface area (Å²) >= 11 is 0. The number of hydrazine groups is 1. The van der Waals surface area contributed by atoms with Crippen LogP contribution in [0.25, 0.3) is 16.7 Å². The number of carbonyl (C=O) groups is 2. The van der Waals surface area contributed by atoms with Gasteiger partial charge in [0.05, 0.1) is 18.9 Å². The van der Waals surface area contributed by atoms with Crippen molar-refractivity contribution in [3.05, 3.63) is 29.3 Å². The fraction of sp³-hybridized carbons (Fsp3) is 0.389. The van der Waals surface area contributed by atoms with Gasteiger partial charge >= 0.3 is 12.1 Å². The van der Waals surface area contributed by atoms with Crippen LogP contribution < -0.4 is 10.7 Å². The summed E-state index contributed by atoms with van der Waals surface area (Å²) in [4.78, 5) is 28.9. The highest BCUT2D eigenvalue weighted by molar-refractivity contribution is 6.07. The number of pyridine rings is 1. The van der Waals surface area contributed by atoms with Crippen molar-refractivity contribution >= 4 is 34.4 Å². The van der Waals surface area contributed by atoms with E-state index in [-0.39, 0.29) is 24.7 Å². The van der Waals surface area contributed by atoms with E-state index in [0.717, 1.165) is 16.8 Å². The zero-order valence-corrected chi connectivity index (χ0v) is 15.7. The normalized spacial score (nSPS) is 13.6. The molecule has 0 atom stereocenters. The van der Waals surface area contributed by atoms with E-state index in [1.165, 1.54) is 0 Å². The average Bonchev–Trinajstić information content (AvgIpc) is 3.18. The quantitative estimate of drug-likeness (QED) is 0.770. The van der Waals surface area contributed by atoms with Crippen molar-refractivity contribution < 1.29 is 23.5 Å². The van der Waals surface area contributed by atoms with E-state index in [2.05, 4.69) is 15.7 Å². The number of anilines is 1. The van der Waals surface area contributed by atoms with Crippen molar-refractivity contribution in [2.45, 2.75) is 20.8 Å². The van der Waals surface area contributed by atoms with Crippen molar-refractivity contribution in [3.63, 3.8) is 0 Å².